The van der Waals surface area contributed by atoms with Crippen LogP contribution in [0.25, 0.3) is 0 Å². The van der Waals surface area contributed by atoms with E-state index in [0.717, 1.165) is 23.4 Å². The fraction of sp³-hybridized carbons (Fsp3) is 0.389. The second-order valence-electron chi connectivity index (χ2n) is 6.02. The molecule has 0 radical (unpaired) electrons. The van der Waals surface area contributed by atoms with Crippen molar-refractivity contribution >= 4 is 11.6 Å². The van der Waals surface area contributed by atoms with Gasteiger partial charge < -0.3 is 14.1 Å². The molecule has 2 aromatic rings. The summed E-state index contributed by atoms with van der Waals surface area (Å²) in [6.07, 6.45) is 2.62. The van der Waals surface area contributed by atoms with E-state index in [1.165, 1.54) is 12.1 Å². The third kappa shape index (κ3) is 2.18. The number of furan rings is 1. The molecule has 0 unspecified atom stereocenters. The van der Waals surface area contributed by atoms with Crippen LogP contribution < -0.4 is 4.90 Å². The van der Waals surface area contributed by atoms with Gasteiger partial charge in [0.25, 0.3) is 0 Å². The number of anilines is 1. The van der Waals surface area contributed by atoms with Crippen LogP contribution in [0.4, 0.5) is 10.1 Å². The van der Waals surface area contributed by atoms with Gasteiger partial charge in [-0.05, 0) is 36.8 Å². The molecule has 3 heterocycles. The summed E-state index contributed by atoms with van der Waals surface area (Å²) in [6.45, 7) is 2.44. The molecule has 1 aromatic carbocycles. The number of carbonyl (C=O) groups excluding carboxylic acids is 1. The Kier molecular flexibility index (Phi) is 3.45. The number of hydrogen-bond acceptors (Lipinski definition) is 3. The van der Waals surface area contributed by atoms with Crippen LogP contribution in [0.1, 0.15) is 43.2 Å². The lowest BCUT2D eigenvalue weighted by Crippen LogP contribution is -2.43. The Balaban J connectivity index is 1.91. The first kappa shape index (κ1) is 14.5. The molecule has 0 aliphatic carbocycles. The number of nitrogens with zero attached hydrogens (tertiary/aromatic N) is 1. The van der Waals surface area contributed by atoms with Gasteiger partial charge in [-0.2, -0.15) is 0 Å². The number of carbonyl (C=O) groups is 1. The van der Waals surface area contributed by atoms with Crippen LogP contribution in [0.3, 0.4) is 0 Å². The van der Waals surface area contributed by atoms with E-state index in [1.54, 1.807) is 17.2 Å². The number of halogens is 1. The van der Waals surface area contributed by atoms with Gasteiger partial charge in [-0.3, -0.25) is 4.79 Å². The molecular formula is C18H18FNO3. The fourth-order valence-electron chi connectivity index (χ4n) is 3.82. The van der Waals surface area contributed by atoms with E-state index < -0.39 is 0 Å². The lowest BCUT2D eigenvalue weighted by atomic mass is 9.81. The van der Waals surface area contributed by atoms with Crippen LogP contribution >= 0.6 is 0 Å². The van der Waals surface area contributed by atoms with Crippen LogP contribution in [-0.2, 0) is 9.53 Å². The molecule has 0 N–H and O–H groups in total. The smallest absolute Gasteiger partial charge is 0.227 e. The van der Waals surface area contributed by atoms with E-state index in [1.807, 2.05) is 19.1 Å². The standard InChI is InChI=1S/C18H18FNO3/c1-2-16(21)20-14-6-5-11(19)10-13(14)18-12(7-9-23-18)17(20)15-4-3-8-22-15/h3-6,8,10,12,17-18H,2,7,9H2,1H3/t12-,17-,18+/m0/s1. The van der Waals surface area contributed by atoms with Crippen molar-refractivity contribution in [2.75, 3.05) is 11.5 Å². The predicted octanol–water partition coefficient (Wildman–Crippen LogP) is 3.99. The maximum absolute atomic E-state index is 13.8. The van der Waals surface area contributed by atoms with E-state index in [9.17, 15) is 9.18 Å². The molecule has 2 aliphatic rings. The summed E-state index contributed by atoms with van der Waals surface area (Å²) in [6, 6.07) is 8.07. The summed E-state index contributed by atoms with van der Waals surface area (Å²) in [5, 5.41) is 0. The number of amides is 1. The molecule has 1 fully saturated rings. The molecule has 0 bridgehead atoms. The molecule has 120 valence electrons. The van der Waals surface area contributed by atoms with Gasteiger partial charge in [0.05, 0.1) is 18.1 Å². The normalized spacial score (nSPS) is 26.0. The summed E-state index contributed by atoms with van der Waals surface area (Å²) in [5.74, 6) is 0.524. The quantitative estimate of drug-likeness (QED) is 0.841. The summed E-state index contributed by atoms with van der Waals surface area (Å²) in [5.41, 5.74) is 1.49. The lowest BCUT2D eigenvalue weighted by molar-refractivity contribution is -0.119. The number of hydrogen-bond donors (Lipinski definition) is 0. The van der Waals surface area contributed by atoms with Gasteiger partial charge in [-0.1, -0.05) is 6.92 Å². The first-order valence-electron chi connectivity index (χ1n) is 7.97. The van der Waals surface area contributed by atoms with Crippen molar-refractivity contribution in [1.29, 1.82) is 0 Å². The zero-order valence-corrected chi connectivity index (χ0v) is 12.9. The molecule has 2 aliphatic heterocycles. The third-order valence-electron chi connectivity index (χ3n) is 4.78. The van der Waals surface area contributed by atoms with E-state index in [-0.39, 0.29) is 29.8 Å². The molecule has 1 saturated heterocycles. The van der Waals surface area contributed by atoms with Gasteiger partial charge in [0.15, 0.2) is 0 Å². The maximum Gasteiger partial charge on any atom is 0.227 e. The topological polar surface area (TPSA) is 42.7 Å². The van der Waals surface area contributed by atoms with Crippen molar-refractivity contribution in [3.8, 4) is 0 Å². The van der Waals surface area contributed by atoms with Crippen molar-refractivity contribution in [2.24, 2.45) is 5.92 Å². The monoisotopic (exact) mass is 315 g/mol. The molecule has 4 rings (SSSR count). The van der Waals surface area contributed by atoms with E-state index in [4.69, 9.17) is 9.15 Å². The van der Waals surface area contributed by atoms with Gasteiger partial charge in [-0.25, -0.2) is 4.39 Å². The Bertz CT molecular complexity index is 728. The van der Waals surface area contributed by atoms with E-state index >= 15 is 0 Å². The van der Waals surface area contributed by atoms with Crippen molar-refractivity contribution < 1.29 is 18.3 Å². The summed E-state index contributed by atoms with van der Waals surface area (Å²) in [7, 11) is 0. The van der Waals surface area contributed by atoms with Crippen LogP contribution in [0.5, 0.6) is 0 Å². The third-order valence-corrected chi connectivity index (χ3v) is 4.78. The van der Waals surface area contributed by atoms with Gasteiger partial charge in [-0.15, -0.1) is 0 Å². The minimum Gasteiger partial charge on any atom is -0.467 e. The SMILES string of the molecule is CCC(=O)N1c2ccc(F)cc2[C@@H]2OCC[C@H]2[C@H]1c1ccco1. The highest BCUT2D eigenvalue weighted by atomic mass is 19.1. The Morgan fingerprint density at radius 2 is 2.26 bits per heavy atom. The van der Waals surface area contributed by atoms with Crippen molar-refractivity contribution in [2.45, 2.75) is 31.9 Å². The largest absolute Gasteiger partial charge is 0.467 e. The minimum atomic E-state index is -0.307. The molecular weight excluding hydrogens is 297 g/mol. The molecule has 4 nitrogen and oxygen atoms in total. The predicted molar refractivity (Wildman–Crippen MR) is 82.4 cm³/mol. The molecule has 1 amide bonds. The molecule has 23 heavy (non-hydrogen) atoms. The second kappa shape index (κ2) is 5.49. The zero-order valence-electron chi connectivity index (χ0n) is 12.9. The molecule has 3 atom stereocenters. The maximum atomic E-state index is 13.8. The second-order valence-corrected chi connectivity index (χ2v) is 6.02. The van der Waals surface area contributed by atoms with Crippen LogP contribution in [-0.4, -0.2) is 12.5 Å². The Morgan fingerprint density at radius 1 is 1.39 bits per heavy atom. The highest BCUT2D eigenvalue weighted by Gasteiger charge is 2.48. The fourth-order valence-corrected chi connectivity index (χ4v) is 3.82. The van der Waals surface area contributed by atoms with Crippen LogP contribution in [0, 0.1) is 11.7 Å². The van der Waals surface area contributed by atoms with E-state index in [2.05, 4.69) is 0 Å². The number of rotatable bonds is 2. The number of benzene rings is 1. The molecule has 0 saturated carbocycles. The van der Waals surface area contributed by atoms with Crippen LogP contribution in [0.2, 0.25) is 0 Å². The average molecular weight is 315 g/mol. The first-order valence-corrected chi connectivity index (χ1v) is 7.97. The molecule has 5 heteroatoms. The van der Waals surface area contributed by atoms with Gasteiger partial charge in [0.1, 0.15) is 17.6 Å². The highest BCUT2D eigenvalue weighted by molar-refractivity contribution is 5.95. The Labute approximate surface area is 133 Å². The Morgan fingerprint density at radius 3 is 3.00 bits per heavy atom. The van der Waals surface area contributed by atoms with Crippen LogP contribution in [0.15, 0.2) is 41.0 Å². The minimum absolute atomic E-state index is 0.00427. The summed E-state index contributed by atoms with van der Waals surface area (Å²) >= 11 is 0. The van der Waals surface area contributed by atoms with Crippen molar-refractivity contribution in [3.63, 3.8) is 0 Å². The molecule has 0 spiro atoms. The summed E-state index contributed by atoms with van der Waals surface area (Å²) < 4.78 is 25.3. The average Bonchev–Trinajstić information content (AvgIpc) is 3.24. The van der Waals surface area contributed by atoms with E-state index in [0.29, 0.717) is 13.0 Å². The van der Waals surface area contributed by atoms with Gasteiger partial charge in [0.2, 0.25) is 5.91 Å². The highest BCUT2D eigenvalue weighted by Crippen LogP contribution is 2.53. The molecule has 1 aromatic heterocycles. The number of ether oxygens (including phenoxy) is 1. The Hall–Kier alpha value is -2.14. The van der Waals surface area contributed by atoms with Gasteiger partial charge in [0, 0.05) is 24.5 Å². The van der Waals surface area contributed by atoms with Crippen molar-refractivity contribution in [3.05, 3.63) is 53.7 Å². The first-order chi connectivity index (χ1) is 11.2. The summed E-state index contributed by atoms with van der Waals surface area (Å²) in [4.78, 5) is 14.4. The van der Waals surface area contributed by atoms with Gasteiger partial charge >= 0.3 is 0 Å². The number of fused-ring (bicyclic) bond motifs is 3. The lowest BCUT2D eigenvalue weighted by Gasteiger charge is -2.42. The zero-order chi connectivity index (χ0) is 16.0. The van der Waals surface area contributed by atoms with Crippen molar-refractivity contribution in [1.82, 2.24) is 0 Å².